The topological polar surface area (TPSA) is 29.3 Å². The van der Waals surface area contributed by atoms with Gasteiger partial charge in [-0.05, 0) is 49.8 Å². The fourth-order valence-corrected chi connectivity index (χ4v) is 2.46. The van der Waals surface area contributed by atoms with Crippen LogP contribution in [-0.4, -0.2) is 12.6 Å². The molecule has 2 nitrogen and oxygen atoms in total. The first-order valence-electron chi connectivity index (χ1n) is 6.05. The van der Waals surface area contributed by atoms with Gasteiger partial charge < -0.3 is 10.6 Å². The molecule has 0 spiro atoms. The van der Waals surface area contributed by atoms with Gasteiger partial charge in [0.2, 0.25) is 0 Å². The van der Waals surface area contributed by atoms with Crippen LogP contribution in [0.3, 0.4) is 0 Å². The molecular weight excluding hydrogens is 220 g/mol. The highest BCUT2D eigenvalue weighted by Gasteiger charge is 2.34. The van der Waals surface area contributed by atoms with Crippen LogP contribution in [-0.2, 0) is 0 Å². The van der Waals surface area contributed by atoms with Crippen molar-refractivity contribution in [2.45, 2.75) is 31.7 Å². The summed E-state index contributed by atoms with van der Waals surface area (Å²) in [4.78, 5) is 2.49. The van der Waals surface area contributed by atoms with Crippen LogP contribution in [0.25, 0.3) is 0 Å². The maximum Gasteiger partial charge on any atom is 0.0660 e. The van der Waals surface area contributed by atoms with Crippen molar-refractivity contribution in [3.05, 3.63) is 23.2 Å². The molecule has 3 heteroatoms. The summed E-state index contributed by atoms with van der Waals surface area (Å²) < 4.78 is 0. The molecule has 0 aliphatic heterocycles. The zero-order valence-electron chi connectivity index (χ0n) is 9.32. The van der Waals surface area contributed by atoms with Gasteiger partial charge in [-0.1, -0.05) is 11.6 Å². The van der Waals surface area contributed by atoms with Crippen molar-refractivity contribution < 1.29 is 0 Å². The van der Waals surface area contributed by atoms with Gasteiger partial charge >= 0.3 is 0 Å². The monoisotopic (exact) mass is 236 g/mol. The highest BCUT2D eigenvalue weighted by Crippen LogP contribution is 2.40. The summed E-state index contributed by atoms with van der Waals surface area (Å²) in [5.41, 5.74) is 7.65. The summed E-state index contributed by atoms with van der Waals surface area (Å²) in [7, 11) is 0. The molecule has 0 unspecified atom stereocenters. The fraction of sp³-hybridized carbons (Fsp3) is 0.538. The second kappa shape index (κ2) is 3.85. The zero-order chi connectivity index (χ0) is 11.1. The number of anilines is 2. The molecule has 1 aromatic carbocycles. The van der Waals surface area contributed by atoms with Gasteiger partial charge in [-0.25, -0.2) is 0 Å². The lowest BCUT2D eigenvalue weighted by Crippen LogP contribution is -2.28. The standard InChI is InChI=1S/C13H17ClN2/c14-12-7-10(15)3-6-13(12)16(11-4-5-11)8-9-1-2-9/h3,6-7,9,11H,1-2,4-5,8,15H2. The molecule has 2 aliphatic carbocycles. The molecule has 0 heterocycles. The third-order valence-corrected chi connectivity index (χ3v) is 3.72. The first kappa shape index (κ1) is 10.3. The molecule has 3 rings (SSSR count). The quantitative estimate of drug-likeness (QED) is 0.813. The van der Waals surface area contributed by atoms with E-state index < -0.39 is 0 Å². The molecular formula is C13H17ClN2. The van der Waals surface area contributed by atoms with Crippen molar-refractivity contribution in [3.63, 3.8) is 0 Å². The Hall–Kier alpha value is -0.890. The average Bonchev–Trinajstić information content (AvgIpc) is 3.11. The van der Waals surface area contributed by atoms with E-state index in [1.807, 2.05) is 12.1 Å². The van der Waals surface area contributed by atoms with E-state index in [1.54, 1.807) is 0 Å². The van der Waals surface area contributed by atoms with Crippen LogP contribution >= 0.6 is 11.6 Å². The number of nitrogens with zero attached hydrogens (tertiary/aromatic N) is 1. The van der Waals surface area contributed by atoms with Crippen LogP contribution in [0.4, 0.5) is 11.4 Å². The fourth-order valence-electron chi connectivity index (χ4n) is 2.16. The predicted octanol–water partition coefficient (Wildman–Crippen LogP) is 3.30. The largest absolute Gasteiger partial charge is 0.399 e. The Morgan fingerprint density at radius 2 is 2.00 bits per heavy atom. The maximum absolute atomic E-state index is 6.28. The predicted molar refractivity (Wildman–Crippen MR) is 69.0 cm³/mol. The molecule has 2 fully saturated rings. The minimum atomic E-state index is 0.724. The third kappa shape index (κ3) is 2.12. The number of rotatable bonds is 4. The Morgan fingerprint density at radius 1 is 1.25 bits per heavy atom. The number of halogens is 1. The summed E-state index contributed by atoms with van der Waals surface area (Å²) in [6.45, 7) is 1.17. The normalized spacial score (nSPS) is 19.8. The van der Waals surface area contributed by atoms with Crippen LogP contribution in [0.1, 0.15) is 25.7 Å². The summed E-state index contributed by atoms with van der Waals surface area (Å²) in [6, 6.07) is 6.60. The summed E-state index contributed by atoms with van der Waals surface area (Å²) >= 11 is 6.28. The molecule has 0 bridgehead atoms. The van der Waals surface area contributed by atoms with Crippen molar-refractivity contribution in [1.82, 2.24) is 0 Å². The summed E-state index contributed by atoms with van der Waals surface area (Å²) in [6.07, 6.45) is 5.40. The highest BCUT2D eigenvalue weighted by molar-refractivity contribution is 6.33. The average molecular weight is 237 g/mol. The molecule has 2 N–H and O–H groups in total. The van der Waals surface area contributed by atoms with E-state index >= 15 is 0 Å². The molecule has 86 valence electrons. The Labute approximate surface area is 101 Å². The smallest absolute Gasteiger partial charge is 0.0660 e. The van der Waals surface area contributed by atoms with Crippen LogP contribution in [0.15, 0.2) is 18.2 Å². The van der Waals surface area contributed by atoms with Crippen molar-refractivity contribution in [2.24, 2.45) is 5.92 Å². The van der Waals surface area contributed by atoms with E-state index in [0.29, 0.717) is 0 Å². The van der Waals surface area contributed by atoms with Crippen LogP contribution in [0.2, 0.25) is 5.02 Å². The molecule has 0 radical (unpaired) electrons. The third-order valence-electron chi connectivity index (χ3n) is 3.42. The molecule has 0 amide bonds. The van der Waals surface area contributed by atoms with Gasteiger partial charge in [0.1, 0.15) is 0 Å². The van der Waals surface area contributed by atoms with E-state index in [1.165, 1.54) is 37.9 Å². The van der Waals surface area contributed by atoms with E-state index in [-0.39, 0.29) is 0 Å². The van der Waals surface area contributed by atoms with Crippen molar-refractivity contribution >= 4 is 23.0 Å². The lowest BCUT2D eigenvalue weighted by molar-refractivity contribution is 0.719. The van der Waals surface area contributed by atoms with E-state index in [0.717, 1.165) is 22.7 Å². The minimum Gasteiger partial charge on any atom is -0.399 e. The Balaban J connectivity index is 1.85. The van der Waals surface area contributed by atoms with Gasteiger partial charge in [0.15, 0.2) is 0 Å². The number of nitrogen functional groups attached to an aromatic ring is 1. The lowest BCUT2D eigenvalue weighted by Gasteiger charge is -2.25. The second-order valence-corrected chi connectivity index (χ2v) is 5.44. The first-order valence-corrected chi connectivity index (χ1v) is 6.43. The van der Waals surface area contributed by atoms with Crippen LogP contribution in [0.5, 0.6) is 0 Å². The Morgan fingerprint density at radius 3 is 2.56 bits per heavy atom. The van der Waals surface area contributed by atoms with Gasteiger partial charge in [0.05, 0.1) is 10.7 Å². The second-order valence-electron chi connectivity index (χ2n) is 5.04. The van der Waals surface area contributed by atoms with Crippen molar-refractivity contribution in [1.29, 1.82) is 0 Å². The van der Waals surface area contributed by atoms with Gasteiger partial charge in [-0.15, -0.1) is 0 Å². The Kier molecular flexibility index (Phi) is 2.47. The molecule has 16 heavy (non-hydrogen) atoms. The molecule has 0 atom stereocenters. The van der Waals surface area contributed by atoms with E-state index in [2.05, 4.69) is 11.0 Å². The molecule has 2 aliphatic rings. The molecule has 1 aromatic rings. The first-order chi connectivity index (χ1) is 7.74. The van der Waals surface area contributed by atoms with Gasteiger partial charge in [-0.3, -0.25) is 0 Å². The number of hydrogen-bond acceptors (Lipinski definition) is 2. The summed E-state index contributed by atoms with van der Waals surface area (Å²) in [5.74, 6) is 0.897. The van der Waals surface area contributed by atoms with Crippen molar-refractivity contribution in [2.75, 3.05) is 17.2 Å². The number of hydrogen-bond donors (Lipinski definition) is 1. The van der Waals surface area contributed by atoms with Crippen LogP contribution in [0, 0.1) is 5.92 Å². The van der Waals surface area contributed by atoms with Gasteiger partial charge in [-0.2, -0.15) is 0 Å². The number of benzene rings is 1. The van der Waals surface area contributed by atoms with Crippen LogP contribution < -0.4 is 10.6 Å². The SMILES string of the molecule is Nc1ccc(N(CC2CC2)C2CC2)c(Cl)c1. The Bertz CT molecular complexity index is 397. The van der Waals surface area contributed by atoms with Gasteiger partial charge in [0, 0.05) is 18.3 Å². The molecule has 0 saturated heterocycles. The minimum absolute atomic E-state index is 0.724. The van der Waals surface area contributed by atoms with E-state index in [4.69, 9.17) is 17.3 Å². The molecule has 0 aromatic heterocycles. The maximum atomic E-state index is 6.28. The lowest BCUT2D eigenvalue weighted by atomic mass is 10.2. The highest BCUT2D eigenvalue weighted by atomic mass is 35.5. The van der Waals surface area contributed by atoms with Gasteiger partial charge in [0.25, 0.3) is 0 Å². The number of nitrogens with two attached hydrogens (primary N) is 1. The van der Waals surface area contributed by atoms with Crippen molar-refractivity contribution in [3.8, 4) is 0 Å². The zero-order valence-corrected chi connectivity index (χ0v) is 10.1. The van der Waals surface area contributed by atoms with E-state index in [9.17, 15) is 0 Å². The summed E-state index contributed by atoms with van der Waals surface area (Å²) in [5, 5.41) is 0.799. The molecule has 2 saturated carbocycles.